The molecule has 2 amide bonds. The number of anilines is 2. The van der Waals surface area contributed by atoms with E-state index in [9.17, 15) is 18.0 Å². The van der Waals surface area contributed by atoms with Gasteiger partial charge in [0, 0.05) is 10.7 Å². The molecule has 0 spiro atoms. The van der Waals surface area contributed by atoms with Crippen molar-refractivity contribution in [1.29, 1.82) is 0 Å². The van der Waals surface area contributed by atoms with Crippen LogP contribution in [0, 0.1) is 6.92 Å². The summed E-state index contributed by atoms with van der Waals surface area (Å²) in [6.45, 7) is 1.30. The lowest BCUT2D eigenvalue weighted by Crippen LogP contribution is -2.39. The molecule has 0 bridgehead atoms. The average Bonchev–Trinajstić information content (AvgIpc) is 2.98. The molecule has 4 aromatic carbocycles. The van der Waals surface area contributed by atoms with Crippen molar-refractivity contribution in [2.24, 2.45) is 5.10 Å². The number of carbonyl (C=O) groups excluding carboxylic acids is 2. The Labute approximate surface area is 243 Å². The fraction of sp³-hybridized carbons (Fsp3) is 0.100. The van der Waals surface area contributed by atoms with Crippen LogP contribution in [-0.4, -0.2) is 39.6 Å². The predicted molar refractivity (Wildman–Crippen MR) is 160 cm³/mol. The summed E-state index contributed by atoms with van der Waals surface area (Å²) in [5.74, 6) is -0.450. The van der Waals surface area contributed by atoms with Gasteiger partial charge in [-0.25, -0.2) is 13.8 Å². The molecule has 0 saturated carbocycles. The number of ether oxygens (including phenoxy) is 1. The Hall–Kier alpha value is -4.67. The van der Waals surface area contributed by atoms with E-state index in [2.05, 4.69) is 15.8 Å². The molecule has 41 heavy (non-hydrogen) atoms. The van der Waals surface area contributed by atoms with Gasteiger partial charge in [-0.05, 0) is 85.3 Å². The van der Waals surface area contributed by atoms with Crippen molar-refractivity contribution in [3.05, 3.63) is 119 Å². The minimum absolute atomic E-state index is 0.0428. The maximum absolute atomic E-state index is 13.3. The van der Waals surface area contributed by atoms with E-state index < -0.39 is 22.5 Å². The number of halogens is 1. The maximum Gasteiger partial charge on any atom is 0.264 e. The molecule has 4 aromatic rings. The smallest absolute Gasteiger partial charge is 0.264 e. The van der Waals surface area contributed by atoms with E-state index in [-0.39, 0.29) is 23.1 Å². The third kappa shape index (κ3) is 8.41. The number of hydrogen-bond donors (Lipinski definition) is 2. The van der Waals surface area contributed by atoms with E-state index in [0.717, 1.165) is 9.87 Å². The third-order valence-corrected chi connectivity index (χ3v) is 7.76. The molecule has 0 aliphatic carbocycles. The number of hydrazone groups is 1. The highest BCUT2D eigenvalue weighted by Gasteiger charge is 2.27. The first-order chi connectivity index (χ1) is 19.7. The van der Waals surface area contributed by atoms with Crippen LogP contribution in [0.4, 0.5) is 11.4 Å². The van der Waals surface area contributed by atoms with Crippen molar-refractivity contribution in [2.75, 3.05) is 22.8 Å². The fourth-order valence-electron chi connectivity index (χ4n) is 3.62. The first-order valence-electron chi connectivity index (χ1n) is 12.5. The van der Waals surface area contributed by atoms with Gasteiger partial charge in [0.15, 0.2) is 6.61 Å². The Balaban J connectivity index is 1.33. The zero-order valence-electron chi connectivity index (χ0n) is 22.0. The molecule has 0 radical (unpaired) electrons. The number of nitrogens with one attached hydrogen (secondary N) is 2. The quantitative estimate of drug-likeness (QED) is 0.188. The average molecular weight is 591 g/mol. The van der Waals surface area contributed by atoms with Crippen LogP contribution in [0.15, 0.2) is 113 Å². The normalized spacial score (nSPS) is 11.2. The summed E-state index contributed by atoms with van der Waals surface area (Å²) in [5, 5.41) is 7.14. The Kier molecular flexibility index (Phi) is 9.73. The summed E-state index contributed by atoms with van der Waals surface area (Å²) >= 11 is 5.96. The second-order valence-electron chi connectivity index (χ2n) is 8.87. The van der Waals surface area contributed by atoms with E-state index in [1.165, 1.54) is 30.5 Å². The first kappa shape index (κ1) is 29.3. The standard InChI is InChI=1S/C30H27ClN4O5S/c1-22-7-13-25(14-8-22)33-30(37)21-40-27-17-9-23(10-18-27)19-32-34-29(36)20-35(26-15-11-24(31)12-16-26)41(38,39)28-5-3-2-4-6-28/h2-19H,20-21H2,1H3,(H,33,37)(H,34,36)/b32-19-. The maximum atomic E-state index is 13.3. The summed E-state index contributed by atoms with van der Waals surface area (Å²) in [6.07, 6.45) is 1.41. The van der Waals surface area contributed by atoms with Gasteiger partial charge in [-0.3, -0.25) is 13.9 Å². The molecule has 0 aromatic heterocycles. The summed E-state index contributed by atoms with van der Waals surface area (Å²) in [4.78, 5) is 24.9. The SMILES string of the molecule is Cc1ccc(NC(=O)COc2ccc(/C=N\NC(=O)CN(c3ccc(Cl)cc3)S(=O)(=O)c3ccccc3)cc2)cc1. The molecule has 0 saturated heterocycles. The van der Waals surface area contributed by atoms with Crippen molar-refractivity contribution < 1.29 is 22.7 Å². The lowest BCUT2D eigenvalue weighted by atomic mass is 10.2. The number of rotatable bonds is 11. The van der Waals surface area contributed by atoms with Gasteiger partial charge in [-0.2, -0.15) is 5.10 Å². The number of carbonyl (C=O) groups is 2. The van der Waals surface area contributed by atoms with Gasteiger partial charge in [-0.15, -0.1) is 0 Å². The van der Waals surface area contributed by atoms with Gasteiger partial charge < -0.3 is 10.1 Å². The van der Waals surface area contributed by atoms with Crippen molar-refractivity contribution in [3.63, 3.8) is 0 Å². The highest BCUT2D eigenvalue weighted by atomic mass is 35.5. The van der Waals surface area contributed by atoms with Crippen molar-refractivity contribution >= 4 is 51.0 Å². The molecule has 9 nitrogen and oxygen atoms in total. The number of amides is 2. The number of aryl methyl sites for hydroxylation is 1. The minimum atomic E-state index is -4.04. The number of benzene rings is 4. The third-order valence-electron chi connectivity index (χ3n) is 5.72. The van der Waals surface area contributed by atoms with Gasteiger partial charge >= 0.3 is 0 Å². The largest absolute Gasteiger partial charge is 0.484 e. The van der Waals surface area contributed by atoms with Crippen LogP contribution in [0.25, 0.3) is 0 Å². The minimum Gasteiger partial charge on any atom is -0.484 e. The van der Waals surface area contributed by atoms with Gasteiger partial charge in [0.1, 0.15) is 12.3 Å². The molecule has 0 heterocycles. The Morgan fingerprint density at radius 2 is 1.54 bits per heavy atom. The highest BCUT2D eigenvalue weighted by Crippen LogP contribution is 2.25. The molecule has 0 aliphatic rings. The highest BCUT2D eigenvalue weighted by molar-refractivity contribution is 7.92. The summed E-state index contributed by atoms with van der Waals surface area (Å²) < 4.78 is 33.2. The molecular formula is C30H27ClN4O5S. The van der Waals surface area contributed by atoms with E-state index in [1.54, 1.807) is 54.6 Å². The van der Waals surface area contributed by atoms with Crippen LogP contribution >= 0.6 is 11.6 Å². The van der Waals surface area contributed by atoms with Crippen molar-refractivity contribution in [2.45, 2.75) is 11.8 Å². The Bertz CT molecular complexity index is 1610. The van der Waals surface area contributed by atoms with E-state index in [0.29, 0.717) is 22.0 Å². The molecule has 0 atom stereocenters. The van der Waals surface area contributed by atoms with E-state index in [4.69, 9.17) is 16.3 Å². The van der Waals surface area contributed by atoms with Crippen molar-refractivity contribution in [3.8, 4) is 5.75 Å². The van der Waals surface area contributed by atoms with Crippen LogP contribution in [0.3, 0.4) is 0 Å². The molecule has 2 N–H and O–H groups in total. The molecule has 0 aliphatic heterocycles. The topological polar surface area (TPSA) is 117 Å². The van der Waals surface area contributed by atoms with Crippen LogP contribution < -0.4 is 19.8 Å². The van der Waals surface area contributed by atoms with Crippen LogP contribution in [0.5, 0.6) is 5.75 Å². The molecular weight excluding hydrogens is 564 g/mol. The second kappa shape index (κ2) is 13.6. The zero-order chi connectivity index (χ0) is 29.2. The fourth-order valence-corrected chi connectivity index (χ4v) is 5.19. The van der Waals surface area contributed by atoms with Gasteiger partial charge in [0.2, 0.25) is 0 Å². The first-order valence-corrected chi connectivity index (χ1v) is 14.3. The second-order valence-corrected chi connectivity index (χ2v) is 11.2. The molecule has 0 fully saturated rings. The van der Waals surface area contributed by atoms with Gasteiger partial charge in [-0.1, -0.05) is 47.5 Å². The van der Waals surface area contributed by atoms with Crippen LogP contribution in [0.1, 0.15) is 11.1 Å². The summed E-state index contributed by atoms with van der Waals surface area (Å²) in [7, 11) is -4.04. The number of sulfonamides is 1. The van der Waals surface area contributed by atoms with Crippen LogP contribution in [0.2, 0.25) is 5.02 Å². The molecule has 4 rings (SSSR count). The van der Waals surface area contributed by atoms with E-state index in [1.807, 2.05) is 31.2 Å². The van der Waals surface area contributed by atoms with E-state index >= 15 is 0 Å². The van der Waals surface area contributed by atoms with Crippen molar-refractivity contribution in [1.82, 2.24) is 5.43 Å². The molecule has 210 valence electrons. The molecule has 11 heteroatoms. The number of nitrogens with zero attached hydrogens (tertiary/aromatic N) is 2. The summed E-state index contributed by atoms with van der Waals surface area (Å²) in [5.41, 5.74) is 5.07. The summed E-state index contributed by atoms with van der Waals surface area (Å²) in [6, 6.07) is 28.1. The lowest BCUT2D eigenvalue weighted by Gasteiger charge is -2.23. The molecule has 0 unspecified atom stereocenters. The van der Waals surface area contributed by atoms with Crippen LogP contribution in [-0.2, 0) is 19.6 Å². The Morgan fingerprint density at radius 1 is 0.878 bits per heavy atom. The van der Waals surface area contributed by atoms with Gasteiger partial charge in [0.25, 0.3) is 21.8 Å². The zero-order valence-corrected chi connectivity index (χ0v) is 23.6. The monoisotopic (exact) mass is 590 g/mol. The number of hydrogen-bond acceptors (Lipinski definition) is 6. The van der Waals surface area contributed by atoms with Gasteiger partial charge in [0.05, 0.1) is 16.8 Å². The lowest BCUT2D eigenvalue weighted by molar-refractivity contribution is -0.119. The predicted octanol–water partition coefficient (Wildman–Crippen LogP) is 5.01. The Morgan fingerprint density at radius 3 is 2.20 bits per heavy atom.